The molecule has 0 fully saturated rings. The van der Waals surface area contributed by atoms with E-state index in [4.69, 9.17) is 0 Å². The summed E-state index contributed by atoms with van der Waals surface area (Å²) in [6.45, 7) is 4.77. The molecule has 3 heteroatoms. The first kappa shape index (κ1) is 21.1. The molecule has 0 N–H and O–H groups in total. The zero-order valence-electron chi connectivity index (χ0n) is 20.6. The van der Waals surface area contributed by atoms with Crippen molar-refractivity contribution < 1.29 is 0 Å². The highest BCUT2D eigenvalue weighted by Crippen LogP contribution is 2.44. The quantitative estimate of drug-likeness (QED) is 0.264. The second-order valence-electron chi connectivity index (χ2n) is 10.0. The minimum Gasteiger partial charge on any atom is -0.311 e. The molecule has 2 nitrogen and oxygen atoms in total. The number of anilines is 6. The van der Waals surface area contributed by atoms with Gasteiger partial charge in [-0.2, -0.15) is 0 Å². The Kier molecular flexibility index (Phi) is 4.78. The Morgan fingerprint density at radius 1 is 0.500 bits per heavy atom. The maximum Gasteiger partial charge on any atom is 0.252 e. The first-order valence-corrected chi connectivity index (χ1v) is 12.8. The molecule has 172 valence electrons. The Morgan fingerprint density at radius 3 is 1.36 bits per heavy atom. The number of nitrogens with zero attached hydrogens (tertiary/aromatic N) is 2. The van der Waals surface area contributed by atoms with Gasteiger partial charge in [-0.25, -0.2) is 0 Å². The van der Waals surface area contributed by atoms with Crippen molar-refractivity contribution in [1.29, 1.82) is 0 Å². The van der Waals surface area contributed by atoms with Crippen LogP contribution < -0.4 is 26.2 Å². The summed E-state index contributed by atoms with van der Waals surface area (Å²) < 4.78 is 0. The van der Waals surface area contributed by atoms with Gasteiger partial charge in [-0.05, 0) is 76.4 Å². The number of benzene rings is 5. The van der Waals surface area contributed by atoms with Crippen molar-refractivity contribution in [3.8, 4) is 0 Å². The minimum absolute atomic E-state index is 0.184. The largest absolute Gasteiger partial charge is 0.311 e. The van der Waals surface area contributed by atoms with Crippen LogP contribution in [0.5, 0.6) is 0 Å². The molecule has 2 aliphatic rings. The highest BCUT2D eigenvalue weighted by atomic mass is 15.2. The third-order valence-electron chi connectivity index (χ3n) is 7.60. The smallest absolute Gasteiger partial charge is 0.252 e. The summed E-state index contributed by atoms with van der Waals surface area (Å²) >= 11 is 0. The van der Waals surface area contributed by atoms with Gasteiger partial charge in [0.25, 0.3) is 6.71 Å². The molecule has 0 aliphatic carbocycles. The van der Waals surface area contributed by atoms with Crippen molar-refractivity contribution in [3.05, 3.63) is 127 Å². The number of rotatable bonds is 3. The number of fused-ring (bicyclic) bond motifs is 4. The molecule has 0 bridgehead atoms. The molecule has 2 aliphatic heterocycles. The van der Waals surface area contributed by atoms with Crippen LogP contribution in [0.1, 0.15) is 25.3 Å². The minimum atomic E-state index is 0.184. The van der Waals surface area contributed by atoms with Crippen LogP contribution in [0.2, 0.25) is 0 Å². The molecule has 0 saturated heterocycles. The third kappa shape index (κ3) is 3.06. The molecule has 7 rings (SSSR count). The average Bonchev–Trinajstić information content (AvgIpc) is 2.93. The lowest BCUT2D eigenvalue weighted by molar-refractivity contribution is 0.866. The molecule has 0 saturated carbocycles. The fraction of sp³-hybridized carbons (Fsp3) is 0.0909. The molecule has 2 heterocycles. The molecule has 0 atom stereocenters. The van der Waals surface area contributed by atoms with Crippen LogP contribution >= 0.6 is 0 Å². The number of hydrogen-bond donors (Lipinski definition) is 0. The Morgan fingerprint density at radius 2 is 0.917 bits per heavy atom. The molecule has 36 heavy (non-hydrogen) atoms. The summed E-state index contributed by atoms with van der Waals surface area (Å²) in [4.78, 5) is 4.93. The predicted octanol–water partition coefficient (Wildman–Crippen LogP) is 6.89. The summed E-state index contributed by atoms with van der Waals surface area (Å²) in [5, 5.41) is 0. The van der Waals surface area contributed by atoms with Crippen LogP contribution in [0, 0.1) is 0 Å². The average molecular weight is 462 g/mol. The van der Waals surface area contributed by atoms with Crippen LogP contribution in [0.15, 0.2) is 121 Å². The monoisotopic (exact) mass is 462 g/mol. The summed E-state index contributed by atoms with van der Waals surface area (Å²) in [6, 6.07) is 44.3. The van der Waals surface area contributed by atoms with Gasteiger partial charge in [0.1, 0.15) is 0 Å². The van der Waals surface area contributed by atoms with Crippen molar-refractivity contribution in [1.82, 2.24) is 0 Å². The maximum absolute atomic E-state index is 2.47. The number of hydrogen-bond acceptors (Lipinski definition) is 2. The fourth-order valence-corrected chi connectivity index (χ4v) is 5.96. The lowest BCUT2D eigenvalue weighted by Crippen LogP contribution is -2.61. The van der Waals surface area contributed by atoms with Crippen LogP contribution in [0.3, 0.4) is 0 Å². The van der Waals surface area contributed by atoms with Crippen LogP contribution in [-0.2, 0) is 0 Å². The van der Waals surface area contributed by atoms with Gasteiger partial charge in [0.05, 0.1) is 0 Å². The topological polar surface area (TPSA) is 6.48 Å². The van der Waals surface area contributed by atoms with Crippen LogP contribution in [0.4, 0.5) is 34.1 Å². The van der Waals surface area contributed by atoms with E-state index in [9.17, 15) is 0 Å². The molecule has 5 aromatic rings. The fourth-order valence-electron chi connectivity index (χ4n) is 5.96. The predicted molar refractivity (Wildman–Crippen MR) is 155 cm³/mol. The molecular formula is C33H27BN2. The summed E-state index contributed by atoms with van der Waals surface area (Å²) in [5.74, 6) is 0.412. The Bertz CT molecular complexity index is 1460. The third-order valence-corrected chi connectivity index (χ3v) is 7.60. The lowest BCUT2D eigenvalue weighted by atomic mass is 9.33. The molecule has 0 aromatic heterocycles. The van der Waals surface area contributed by atoms with Crippen LogP contribution in [-0.4, -0.2) is 6.71 Å². The van der Waals surface area contributed by atoms with E-state index in [1.165, 1.54) is 56.1 Å². The van der Waals surface area contributed by atoms with E-state index in [2.05, 4.69) is 145 Å². The summed E-state index contributed by atoms with van der Waals surface area (Å²) in [7, 11) is 0. The van der Waals surface area contributed by atoms with Gasteiger partial charge in [-0.1, -0.05) is 86.6 Å². The van der Waals surface area contributed by atoms with E-state index in [0.717, 1.165) is 0 Å². The highest BCUT2D eigenvalue weighted by Gasteiger charge is 2.43. The zero-order chi connectivity index (χ0) is 24.2. The van der Waals surface area contributed by atoms with Gasteiger partial charge in [-0.3, -0.25) is 0 Å². The first-order chi connectivity index (χ1) is 17.7. The highest BCUT2D eigenvalue weighted by molar-refractivity contribution is 7.00. The molecule has 0 spiro atoms. The molecule has 0 amide bonds. The van der Waals surface area contributed by atoms with Gasteiger partial charge in [0.15, 0.2) is 0 Å². The second-order valence-corrected chi connectivity index (χ2v) is 10.0. The molecule has 0 unspecified atom stereocenters. The van der Waals surface area contributed by atoms with E-state index in [1.54, 1.807) is 0 Å². The van der Waals surface area contributed by atoms with Crippen molar-refractivity contribution in [2.24, 2.45) is 0 Å². The molecule has 5 aromatic carbocycles. The van der Waals surface area contributed by atoms with Gasteiger partial charge in [0.2, 0.25) is 0 Å². The zero-order valence-corrected chi connectivity index (χ0v) is 20.6. The summed E-state index contributed by atoms with van der Waals surface area (Å²) in [5.41, 5.74) is 12.9. The van der Waals surface area contributed by atoms with E-state index < -0.39 is 0 Å². The SMILES string of the molecule is CC(C)c1cc2c3c(c1)N(c1ccccc1)c1ccccc1B3c1ccccc1N2c1ccccc1. The molecular weight excluding hydrogens is 435 g/mol. The lowest BCUT2D eigenvalue weighted by Gasteiger charge is -2.44. The standard InChI is InChI=1S/C33H27BN2/c1-23(2)24-21-31-33-32(22-24)36(26-15-7-4-8-16-26)30-20-12-10-18-28(30)34(33)27-17-9-11-19-29(27)35(31)25-13-5-3-6-14-25/h3-23H,1-2H3. The number of para-hydroxylation sites is 4. The van der Waals surface area contributed by atoms with E-state index in [-0.39, 0.29) is 6.71 Å². The van der Waals surface area contributed by atoms with Crippen molar-refractivity contribution in [2.75, 3.05) is 9.80 Å². The van der Waals surface area contributed by atoms with Gasteiger partial charge >= 0.3 is 0 Å². The van der Waals surface area contributed by atoms with Crippen molar-refractivity contribution in [2.45, 2.75) is 19.8 Å². The van der Waals surface area contributed by atoms with Crippen molar-refractivity contribution in [3.63, 3.8) is 0 Å². The van der Waals surface area contributed by atoms with E-state index in [0.29, 0.717) is 5.92 Å². The molecule has 0 radical (unpaired) electrons. The van der Waals surface area contributed by atoms with E-state index in [1.807, 2.05) is 0 Å². The Labute approximate surface area is 213 Å². The normalized spacial score (nSPS) is 13.4. The van der Waals surface area contributed by atoms with Gasteiger partial charge in [0, 0.05) is 34.1 Å². The summed E-state index contributed by atoms with van der Waals surface area (Å²) in [6.07, 6.45) is 0. The van der Waals surface area contributed by atoms with Gasteiger partial charge < -0.3 is 9.80 Å². The first-order valence-electron chi connectivity index (χ1n) is 12.8. The van der Waals surface area contributed by atoms with Gasteiger partial charge in [-0.15, -0.1) is 0 Å². The Hall–Kier alpha value is -4.24. The van der Waals surface area contributed by atoms with Crippen molar-refractivity contribution >= 4 is 57.2 Å². The van der Waals surface area contributed by atoms with E-state index >= 15 is 0 Å². The van der Waals surface area contributed by atoms with Crippen LogP contribution in [0.25, 0.3) is 0 Å². The second kappa shape index (κ2) is 8.17. The Balaban J connectivity index is 1.62. The maximum atomic E-state index is 2.47.